The van der Waals surface area contributed by atoms with E-state index in [0.29, 0.717) is 22.6 Å². The number of halogens is 1. The second-order valence-electron chi connectivity index (χ2n) is 5.40. The Morgan fingerprint density at radius 3 is 2.68 bits per heavy atom. The zero-order valence-electron chi connectivity index (χ0n) is 11.3. The minimum absolute atomic E-state index is 0.403. The van der Waals surface area contributed by atoms with Gasteiger partial charge in [-0.25, -0.2) is 13.1 Å². The van der Waals surface area contributed by atoms with Crippen molar-refractivity contribution in [2.75, 3.05) is 6.54 Å². The van der Waals surface area contributed by atoms with Crippen LogP contribution < -0.4 is 4.72 Å². The summed E-state index contributed by atoms with van der Waals surface area (Å²) < 4.78 is 28.5. The maximum atomic E-state index is 12.2. The van der Waals surface area contributed by atoms with Crippen molar-refractivity contribution < 1.29 is 8.42 Å². The molecule has 3 nitrogen and oxygen atoms in total. The van der Waals surface area contributed by atoms with Crippen molar-refractivity contribution in [2.45, 2.75) is 43.7 Å². The number of rotatable bonds is 4. The van der Waals surface area contributed by atoms with E-state index in [1.54, 1.807) is 6.07 Å². The third kappa shape index (κ3) is 3.80. The lowest BCUT2D eigenvalue weighted by Crippen LogP contribution is -2.33. The minimum atomic E-state index is -3.35. The van der Waals surface area contributed by atoms with Crippen LogP contribution >= 0.6 is 27.3 Å². The van der Waals surface area contributed by atoms with Gasteiger partial charge in [0.2, 0.25) is 10.0 Å². The molecule has 19 heavy (non-hydrogen) atoms. The second-order valence-corrected chi connectivity index (χ2v) is 9.76. The molecular weight excluding hydrogens is 346 g/mol. The van der Waals surface area contributed by atoms with Gasteiger partial charge in [0.05, 0.1) is 3.79 Å². The summed E-state index contributed by atoms with van der Waals surface area (Å²) in [5.74, 6) is 1.10. The highest BCUT2D eigenvalue weighted by Gasteiger charge is 2.24. The number of hydrogen-bond acceptors (Lipinski definition) is 3. The van der Waals surface area contributed by atoms with Crippen molar-refractivity contribution in [1.82, 2.24) is 4.72 Å². The van der Waals surface area contributed by atoms with E-state index in [-0.39, 0.29) is 0 Å². The Morgan fingerprint density at radius 1 is 1.42 bits per heavy atom. The van der Waals surface area contributed by atoms with Crippen LogP contribution in [0.2, 0.25) is 0 Å². The van der Waals surface area contributed by atoms with Gasteiger partial charge in [-0.2, -0.15) is 0 Å². The summed E-state index contributed by atoms with van der Waals surface area (Å²) in [6.45, 7) is 4.70. The van der Waals surface area contributed by atoms with Crippen LogP contribution in [0, 0.1) is 18.8 Å². The van der Waals surface area contributed by atoms with Gasteiger partial charge in [-0.1, -0.05) is 26.2 Å². The lowest BCUT2D eigenvalue weighted by molar-refractivity contribution is 0.257. The van der Waals surface area contributed by atoms with Gasteiger partial charge in [0, 0.05) is 6.54 Å². The van der Waals surface area contributed by atoms with E-state index in [1.165, 1.54) is 30.6 Å². The molecule has 0 saturated heterocycles. The van der Waals surface area contributed by atoms with Crippen molar-refractivity contribution >= 4 is 37.3 Å². The molecule has 1 aliphatic rings. The zero-order valence-corrected chi connectivity index (χ0v) is 14.5. The SMILES string of the molecule is Cc1cc(S(=O)(=O)NCC2CCCCC2C)sc1Br. The summed E-state index contributed by atoms with van der Waals surface area (Å²) in [5, 5.41) is 0. The van der Waals surface area contributed by atoms with Crippen molar-refractivity contribution in [1.29, 1.82) is 0 Å². The average Bonchev–Trinajstić information content (AvgIpc) is 2.70. The Morgan fingerprint density at radius 2 is 2.11 bits per heavy atom. The predicted octanol–water partition coefficient (Wildman–Crippen LogP) is 3.92. The molecule has 1 aromatic rings. The number of thiophene rings is 1. The summed E-state index contributed by atoms with van der Waals surface area (Å²) in [6, 6.07) is 1.72. The molecule has 0 radical (unpaired) electrons. The topological polar surface area (TPSA) is 46.2 Å². The molecule has 0 aliphatic heterocycles. The molecule has 1 saturated carbocycles. The Balaban J connectivity index is 2.01. The van der Waals surface area contributed by atoms with Crippen LogP contribution in [0.25, 0.3) is 0 Å². The average molecular weight is 366 g/mol. The van der Waals surface area contributed by atoms with Gasteiger partial charge in [0.25, 0.3) is 0 Å². The standard InChI is InChI=1S/C13H20BrNO2S2/c1-9-5-3-4-6-11(9)8-15-19(16,17)12-7-10(2)13(14)18-12/h7,9,11,15H,3-6,8H2,1-2H3. The molecule has 1 aromatic heterocycles. The van der Waals surface area contributed by atoms with Crippen LogP contribution in [0.1, 0.15) is 38.2 Å². The van der Waals surface area contributed by atoms with E-state index in [9.17, 15) is 8.42 Å². The Bertz CT molecular complexity index is 519. The quantitative estimate of drug-likeness (QED) is 0.878. The third-order valence-corrected chi connectivity index (χ3v) is 7.96. The van der Waals surface area contributed by atoms with Crippen LogP contribution in [0.3, 0.4) is 0 Å². The maximum absolute atomic E-state index is 12.2. The monoisotopic (exact) mass is 365 g/mol. The van der Waals surface area contributed by atoms with Crippen LogP contribution in [-0.2, 0) is 10.0 Å². The summed E-state index contributed by atoms with van der Waals surface area (Å²) in [4.78, 5) is 0. The Labute approximate surface area is 128 Å². The van der Waals surface area contributed by atoms with Crippen molar-refractivity contribution in [2.24, 2.45) is 11.8 Å². The van der Waals surface area contributed by atoms with Gasteiger partial charge in [0.15, 0.2) is 0 Å². The van der Waals surface area contributed by atoms with E-state index in [2.05, 4.69) is 27.6 Å². The fraction of sp³-hybridized carbons (Fsp3) is 0.692. The maximum Gasteiger partial charge on any atom is 0.250 e. The molecule has 1 fully saturated rings. The second kappa shape index (κ2) is 6.24. The van der Waals surface area contributed by atoms with Gasteiger partial charge in [0.1, 0.15) is 4.21 Å². The van der Waals surface area contributed by atoms with E-state index in [0.717, 1.165) is 15.8 Å². The molecule has 6 heteroatoms. The molecule has 1 aliphatic carbocycles. The van der Waals surface area contributed by atoms with E-state index < -0.39 is 10.0 Å². The van der Waals surface area contributed by atoms with E-state index in [4.69, 9.17) is 0 Å². The lowest BCUT2D eigenvalue weighted by Gasteiger charge is -2.28. The van der Waals surface area contributed by atoms with Crippen LogP contribution in [-0.4, -0.2) is 15.0 Å². The molecule has 1 heterocycles. The molecule has 0 spiro atoms. The van der Waals surface area contributed by atoms with Gasteiger partial charge in [-0.05, 0) is 52.7 Å². The molecule has 108 valence electrons. The fourth-order valence-corrected chi connectivity index (χ4v) is 5.91. The minimum Gasteiger partial charge on any atom is -0.210 e. The van der Waals surface area contributed by atoms with Crippen molar-refractivity contribution in [3.63, 3.8) is 0 Å². The summed E-state index contributed by atoms with van der Waals surface area (Å²) in [6.07, 6.45) is 4.86. The molecule has 0 aromatic carbocycles. The molecule has 2 unspecified atom stereocenters. The summed E-state index contributed by atoms with van der Waals surface area (Å²) >= 11 is 4.65. The number of sulfonamides is 1. The van der Waals surface area contributed by atoms with Gasteiger partial charge in [-0.15, -0.1) is 11.3 Å². The molecule has 2 rings (SSSR count). The highest BCUT2D eigenvalue weighted by molar-refractivity contribution is 9.11. The highest BCUT2D eigenvalue weighted by atomic mass is 79.9. The molecule has 1 N–H and O–H groups in total. The van der Waals surface area contributed by atoms with Gasteiger partial charge >= 0.3 is 0 Å². The van der Waals surface area contributed by atoms with Gasteiger partial charge in [-0.3, -0.25) is 0 Å². The number of hydrogen-bond donors (Lipinski definition) is 1. The van der Waals surface area contributed by atoms with Crippen LogP contribution in [0.5, 0.6) is 0 Å². The van der Waals surface area contributed by atoms with Crippen molar-refractivity contribution in [3.8, 4) is 0 Å². The summed E-state index contributed by atoms with van der Waals surface area (Å²) in [5.41, 5.74) is 0.969. The molecule has 2 atom stereocenters. The fourth-order valence-electron chi connectivity index (χ4n) is 2.55. The zero-order chi connectivity index (χ0) is 14.0. The smallest absolute Gasteiger partial charge is 0.210 e. The van der Waals surface area contributed by atoms with E-state index >= 15 is 0 Å². The Hall–Kier alpha value is 0.0900. The summed E-state index contributed by atoms with van der Waals surface area (Å²) in [7, 11) is -3.35. The van der Waals surface area contributed by atoms with Gasteiger partial charge < -0.3 is 0 Å². The molecule has 0 bridgehead atoms. The molecule has 0 amide bonds. The molecular formula is C13H20BrNO2S2. The van der Waals surface area contributed by atoms with Crippen LogP contribution in [0.4, 0.5) is 0 Å². The Kier molecular flexibility index (Phi) is 5.09. The lowest BCUT2D eigenvalue weighted by atomic mass is 9.81. The van der Waals surface area contributed by atoms with E-state index in [1.807, 2.05) is 6.92 Å². The first-order chi connectivity index (χ1) is 8.90. The first-order valence-electron chi connectivity index (χ1n) is 6.66. The number of nitrogens with one attached hydrogen (secondary N) is 1. The third-order valence-electron chi connectivity index (χ3n) is 3.92. The first-order valence-corrected chi connectivity index (χ1v) is 9.75. The number of aryl methyl sites for hydroxylation is 1. The highest BCUT2D eigenvalue weighted by Crippen LogP contribution is 2.32. The van der Waals surface area contributed by atoms with Crippen molar-refractivity contribution in [3.05, 3.63) is 15.4 Å². The largest absolute Gasteiger partial charge is 0.250 e. The normalized spacial score (nSPS) is 24.6. The predicted molar refractivity (Wildman–Crippen MR) is 83.1 cm³/mol. The first kappa shape index (κ1) is 15.5. The van der Waals surface area contributed by atoms with Crippen LogP contribution in [0.15, 0.2) is 14.1 Å².